The number of likely N-dealkylation sites (tertiary alicyclic amines) is 1. The lowest BCUT2D eigenvalue weighted by atomic mass is 10.1. The molecule has 0 saturated carbocycles. The Balaban J connectivity index is 1.87. The Bertz CT molecular complexity index is 431. The number of carbonyl (C=O) groups is 1. The van der Waals surface area contributed by atoms with Gasteiger partial charge in [-0.2, -0.15) is 0 Å². The fourth-order valence-corrected chi connectivity index (χ4v) is 2.86. The number of amides is 1. The number of pyridine rings is 1. The maximum Gasteiger partial charge on any atom is 0.234 e. The van der Waals surface area contributed by atoms with E-state index in [0.29, 0.717) is 13.2 Å². The zero-order valence-electron chi connectivity index (χ0n) is 13.5. The summed E-state index contributed by atoms with van der Waals surface area (Å²) in [5.74, 6) is 0.0493. The van der Waals surface area contributed by atoms with Crippen molar-refractivity contribution in [2.45, 2.75) is 38.1 Å². The third kappa shape index (κ3) is 5.73. The highest BCUT2D eigenvalue weighted by atomic mass is 16.5. The van der Waals surface area contributed by atoms with Crippen molar-refractivity contribution in [2.24, 2.45) is 0 Å². The molecule has 2 rings (SSSR count). The third-order valence-corrected chi connectivity index (χ3v) is 4.03. The van der Waals surface area contributed by atoms with E-state index in [2.05, 4.69) is 15.2 Å². The second-order valence-electron chi connectivity index (χ2n) is 5.87. The highest BCUT2D eigenvalue weighted by Crippen LogP contribution is 2.12. The summed E-state index contributed by atoms with van der Waals surface area (Å²) in [5, 5.41) is 3.05. The first-order valence-corrected chi connectivity index (χ1v) is 8.21. The fraction of sp³-hybridized carbons (Fsp3) is 0.647. The minimum absolute atomic E-state index is 0.0493. The van der Waals surface area contributed by atoms with Gasteiger partial charge in [-0.15, -0.1) is 0 Å². The molecular formula is C17H27N3O2. The van der Waals surface area contributed by atoms with Gasteiger partial charge in [-0.3, -0.25) is 14.7 Å². The van der Waals surface area contributed by atoms with Crippen LogP contribution in [0.1, 0.15) is 43.8 Å². The van der Waals surface area contributed by atoms with Crippen molar-refractivity contribution in [3.05, 3.63) is 30.1 Å². The molecule has 1 saturated heterocycles. The quantitative estimate of drug-likeness (QED) is 0.875. The molecular weight excluding hydrogens is 278 g/mol. The summed E-state index contributed by atoms with van der Waals surface area (Å²) in [5.41, 5.74) is 0.838. The first-order chi connectivity index (χ1) is 10.8. The van der Waals surface area contributed by atoms with Crippen LogP contribution < -0.4 is 5.32 Å². The third-order valence-electron chi connectivity index (χ3n) is 4.03. The van der Waals surface area contributed by atoms with E-state index in [1.807, 2.05) is 18.2 Å². The Hall–Kier alpha value is -1.46. The highest BCUT2D eigenvalue weighted by molar-refractivity contribution is 5.78. The molecule has 1 aromatic rings. The highest BCUT2D eigenvalue weighted by Gasteiger charge is 2.18. The second-order valence-corrected chi connectivity index (χ2v) is 5.87. The first-order valence-electron chi connectivity index (χ1n) is 8.21. The van der Waals surface area contributed by atoms with Crippen LogP contribution in [0.5, 0.6) is 0 Å². The van der Waals surface area contributed by atoms with E-state index in [-0.39, 0.29) is 11.9 Å². The monoisotopic (exact) mass is 305 g/mol. The van der Waals surface area contributed by atoms with Crippen LogP contribution in [0.2, 0.25) is 0 Å². The first kappa shape index (κ1) is 16.9. The van der Waals surface area contributed by atoms with Crippen molar-refractivity contribution in [2.75, 3.05) is 33.4 Å². The van der Waals surface area contributed by atoms with Crippen molar-refractivity contribution in [3.8, 4) is 0 Å². The number of hydrogen-bond donors (Lipinski definition) is 1. The fourth-order valence-electron chi connectivity index (χ4n) is 2.86. The van der Waals surface area contributed by atoms with Crippen molar-refractivity contribution < 1.29 is 9.53 Å². The zero-order chi connectivity index (χ0) is 15.6. The van der Waals surface area contributed by atoms with Gasteiger partial charge in [0.1, 0.15) is 0 Å². The Kier molecular flexibility index (Phi) is 7.33. The van der Waals surface area contributed by atoms with Gasteiger partial charge in [-0.05, 0) is 38.1 Å². The summed E-state index contributed by atoms with van der Waals surface area (Å²) in [7, 11) is 1.64. The van der Waals surface area contributed by atoms with Crippen LogP contribution in [0.15, 0.2) is 24.4 Å². The van der Waals surface area contributed by atoms with Crippen LogP contribution in [-0.4, -0.2) is 49.1 Å². The average molecular weight is 305 g/mol. The van der Waals surface area contributed by atoms with Gasteiger partial charge in [0.15, 0.2) is 0 Å². The topological polar surface area (TPSA) is 54.5 Å². The maximum absolute atomic E-state index is 12.3. The molecule has 2 heterocycles. The SMILES string of the molecule is COCC(NC(=O)CN1CCCCCCC1)c1ccccn1. The van der Waals surface area contributed by atoms with Gasteiger partial charge >= 0.3 is 0 Å². The molecule has 0 radical (unpaired) electrons. The van der Waals surface area contributed by atoms with Gasteiger partial charge in [0.2, 0.25) is 5.91 Å². The molecule has 0 aliphatic carbocycles. The van der Waals surface area contributed by atoms with Crippen molar-refractivity contribution in [1.29, 1.82) is 0 Å². The molecule has 0 spiro atoms. The Morgan fingerprint density at radius 3 is 2.64 bits per heavy atom. The molecule has 22 heavy (non-hydrogen) atoms. The largest absolute Gasteiger partial charge is 0.382 e. The van der Waals surface area contributed by atoms with Crippen LogP contribution in [0, 0.1) is 0 Å². The summed E-state index contributed by atoms with van der Waals surface area (Å²) in [6, 6.07) is 5.53. The number of nitrogens with zero attached hydrogens (tertiary/aromatic N) is 2. The number of carbonyl (C=O) groups excluding carboxylic acids is 1. The minimum Gasteiger partial charge on any atom is -0.382 e. The zero-order valence-corrected chi connectivity index (χ0v) is 13.5. The Morgan fingerprint density at radius 1 is 1.27 bits per heavy atom. The molecule has 1 N–H and O–H groups in total. The Morgan fingerprint density at radius 2 is 2.00 bits per heavy atom. The van der Waals surface area contributed by atoms with Crippen molar-refractivity contribution in [1.82, 2.24) is 15.2 Å². The molecule has 5 nitrogen and oxygen atoms in total. The Labute approximate surface area is 133 Å². The minimum atomic E-state index is -0.187. The van der Waals surface area contributed by atoms with E-state index in [9.17, 15) is 4.79 Å². The van der Waals surface area contributed by atoms with Crippen molar-refractivity contribution >= 4 is 5.91 Å². The summed E-state index contributed by atoms with van der Waals surface area (Å²) >= 11 is 0. The molecule has 1 aromatic heterocycles. The standard InChI is InChI=1S/C17H27N3O2/c1-22-14-16(15-9-5-6-10-18-15)19-17(21)13-20-11-7-3-2-4-8-12-20/h5-6,9-10,16H,2-4,7-8,11-14H2,1H3,(H,19,21). The molecule has 5 heteroatoms. The number of rotatable bonds is 6. The van der Waals surface area contributed by atoms with E-state index in [0.717, 1.165) is 18.8 Å². The normalized spacial score (nSPS) is 18.2. The summed E-state index contributed by atoms with van der Waals surface area (Å²) < 4.78 is 5.22. The second kappa shape index (κ2) is 9.54. The van der Waals surface area contributed by atoms with E-state index in [4.69, 9.17) is 4.74 Å². The molecule has 0 bridgehead atoms. The van der Waals surface area contributed by atoms with Gasteiger partial charge in [0, 0.05) is 13.3 Å². The van der Waals surface area contributed by atoms with E-state index >= 15 is 0 Å². The number of ether oxygens (including phenoxy) is 1. The molecule has 122 valence electrons. The van der Waals surface area contributed by atoms with Crippen LogP contribution in [0.4, 0.5) is 0 Å². The summed E-state index contributed by atoms with van der Waals surface area (Å²) in [6.07, 6.45) is 8.00. The molecule has 1 atom stereocenters. The van der Waals surface area contributed by atoms with Gasteiger partial charge in [0.05, 0.1) is 24.9 Å². The van der Waals surface area contributed by atoms with E-state index < -0.39 is 0 Å². The van der Waals surface area contributed by atoms with Gasteiger partial charge in [0.25, 0.3) is 0 Å². The van der Waals surface area contributed by atoms with Gasteiger partial charge in [-0.25, -0.2) is 0 Å². The van der Waals surface area contributed by atoms with Crippen LogP contribution in [-0.2, 0) is 9.53 Å². The molecule has 1 aliphatic rings. The summed E-state index contributed by atoms with van der Waals surface area (Å²) in [6.45, 7) is 2.94. The lowest BCUT2D eigenvalue weighted by Gasteiger charge is -2.25. The molecule has 1 aliphatic heterocycles. The van der Waals surface area contributed by atoms with Crippen LogP contribution >= 0.6 is 0 Å². The number of methoxy groups -OCH3 is 1. The lowest BCUT2D eigenvalue weighted by Crippen LogP contribution is -2.41. The summed E-state index contributed by atoms with van der Waals surface area (Å²) in [4.78, 5) is 18.9. The average Bonchev–Trinajstić information content (AvgIpc) is 2.50. The maximum atomic E-state index is 12.3. The molecule has 0 aromatic carbocycles. The molecule has 1 amide bonds. The molecule has 1 unspecified atom stereocenters. The van der Waals surface area contributed by atoms with Gasteiger partial charge < -0.3 is 10.1 Å². The lowest BCUT2D eigenvalue weighted by molar-refractivity contribution is -0.123. The number of nitrogens with one attached hydrogen (secondary N) is 1. The number of hydrogen-bond acceptors (Lipinski definition) is 4. The van der Waals surface area contributed by atoms with Crippen LogP contribution in [0.3, 0.4) is 0 Å². The number of aromatic nitrogens is 1. The smallest absolute Gasteiger partial charge is 0.234 e. The van der Waals surface area contributed by atoms with E-state index in [1.165, 1.54) is 32.1 Å². The van der Waals surface area contributed by atoms with E-state index in [1.54, 1.807) is 13.3 Å². The van der Waals surface area contributed by atoms with Gasteiger partial charge in [-0.1, -0.05) is 25.3 Å². The molecule has 1 fully saturated rings. The predicted octanol–water partition coefficient (Wildman–Crippen LogP) is 2.15. The van der Waals surface area contributed by atoms with Crippen molar-refractivity contribution in [3.63, 3.8) is 0 Å². The van der Waals surface area contributed by atoms with Crippen LogP contribution in [0.25, 0.3) is 0 Å². The predicted molar refractivity (Wildman–Crippen MR) is 86.5 cm³/mol.